The van der Waals surface area contributed by atoms with Gasteiger partial charge in [0.15, 0.2) is 0 Å². The van der Waals surface area contributed by atoms with Gasteiger partial charge in [0.2, 0.25) is 0 Å². The topological polar surface area (TPSA) is 26.0 Å². The molecule has 1 aliphatic rings. The van der Waals surface area contributed by atoms with E-state index in [1.165, 1.54) is 20.6 Å². The van der Waals surface area contributed by atoms with Crippen LogP contribution in [0.2, 0.25) is 0 Å². The van der Waals surface area contributed by atoms with E-state index < -0.39 is 0 Å². The molecule has 12 heavy (non-hydrogen) atoms. The van der Waals surface area contributed by atoms with Crippen LogP contribution in [0, 0.1) is 12.8 Å². The van der Waals surface area contributed by atoms with Crippen LogP contribution >= 0.6 is 27.3 Å². The van der Waals surface area contributed by atoms with Crippen molar-refractivity contribution < 1.29 is 0 Å². The fourth-order valence-electron chi connectivity index (χ4n) is 1.52. The van der Waals surface area contributed by atoms with Crippen molar-refractivity contribution in [1.82, 2.24) is 0 Å². The maximum absolute atomic E-state index is 5.60. The fraction of sp³-hybridized carbons (Fsp3) is 0.556. The van der Waals surface area contributed by atoms with Gasteiger partial charge in [-0.05, 0) is 53.7 Å². The summed E-state index contributed by atoms with van der Waals surface area (Å²) in [7, 11) is 0. The third-order valence-corrected chi connectivity index (χ3v) is 4.74. The Kier molecular flexibility index (Phi) is 2.27. The number of aryl methyl sites for hydroxylation is 1. The SMILES string of the molecule is Cc1sc([C@@H]2C[C@H]2CN)cc1Br. The molecule has 2 rings (SSSR count). The van der Waals surface area contributed by atoms with Gasteiger partial charge in [0, 0.05) is 14.2 Å². The molecule has 1 nitrogen and oxygen atoms in total. The molecule has 1 aromatic heterocycles. The van der Waals surface area contributed by atoms with Crippen LogP contribution in [0.4, 0.5) is 0 Å². The molecule has 1 aliphatic carbocycles. The molecule has 2 N–H and O–H groups in total. The highest BCUT2D eigenvalue weighted by Gasteiger charge is 2.38. The van der Waals surface area contributed by atoms with Crippen LogP contribution in [0.3, 0.4) is 0 Å². The maximum Gasteiger partial charge on any atom is 0.0314 e. The Hall–Kier alpha value is 0.140. The van der Waals surface area contributed by atoms with E-state index in [4.69, 9.17) is 5.73 Å². The normalized spacial score (nSPS) is 27.6. The van der Waals surface area contributed by atoms with Crippen LogP contribution in [0.25, 0.3) is 0 Å². The van der Waals surface area contributed by atoms with Crippen LogP contribution in [0.1, 0.15) is 22.1 Å². The Balaban J connectivity index is 2.15. The molecule has 1 saturated carbocycles. The first-order valence-corrected chi connectivity index (χ1v) is 5.79. The Morgan fingerprint density at radius 1 is 1.75 bits per heavy atom. The van der Waals surface area contributed by atoms with Gasteiger partial charge in [-0.2, -0.15) is 0 Å². The van der Waals surface area contributed by atoms with Crippen molar-refractivity contribution in [2.45, 2.75) is 19.3 Å². The van der Waals surface area contributed by atoms with E-state index >= 15 is 0 Å². The highest BCUT2D eigenvalue weighted by Crippen LogP contribution is 2.50. The van der Waals surface area contributed by atoms with Gasteiger partial charge in [-0.1, -0.05) is 0 Å². The molecule has 0 spiro atoms. The van der Waals surface area contributed by atoms with E-state index in [1.54, 1.807) is 0 Å². The van der Waals surface area contributed by atoms with Gasteiger partial charge < -0.3 is 5.73 Å². The van der Waals surface area contributed by atoms with Crippen molar-refractivity contribution in [3.05, 3.63) is 20.3 Å². The number of rotatable bonds is 2. The zero-order valence-electron chi connectivity index (χ0n) is 7.01. The lowest BCUT2D eigenvalue weighted by molar-refractivity contribution is 0.815. The molecule has 0 amide bonds. The molecule has 0 aliphatic heterocycles. The second kappa shape index (κ2) is 3.13. The molecule has 0 bridgehead atoms. The summed E-state index contributed by atoms with van der Waals surface area (Å²) in [5.74, 6) is 1.53. The minimum Gasteiger partial charge on any atom is -0.330 e. The lowest BCUT2D eigenvalue weighted by Gasteiger charge is -1.90. The van der Waals surface area contributed by atoms with Gasteiger partial charge in [-0.25, -0.2) is 0 Å². The molecule has 2 atom stereocenters. The Morgan fingerprint density at radius 2 is 2.50 bits per heavy atom. The number of hydrogen-bond donors (Lipinski definition) is 1. The average molecular weight is 246 g/mol. The summed E-state index contributed by atoms with van der Waals surface area (Å²) >= 11 is 5.43. The van der Waals surface area contributed by atoms with Crippen molar-refractivity contribution in [3.8, 4) is 0 Å². The predicted molar refractivity (Wildman–Crippen MR) is 56.7 cm³/mol. The number of halogens is 1. The molecule has 66 valence electrons. The van der Waals surface area contributed by atoms with Gasteiger partial charge in [-0.3, -0.25) is 0 Å². The van der Waals surface area contributed by atoms with Crippen molar-refractivity contribution in [2.24, 2.45) is 11.7 Å². The van der Waals surface area contributed by atoms with Crippen molar-refractivity contribution in [3.63, 3.8) is 0 Å². The van der Waals surface area contributed by atoms with Crippen molar-refractivity contribution in [1.29, 1.82) is 0 Å². The lowest BCUT2D eigenvalue weighted by atomic mass is 10.2. The highest BCUT2D eigenvalue weighted by molar-refractivity contribution is 9.10. The molecular weight excluding hydrogens is 234 g/mol. The predicted octanol–water partition coefficient (Wildman–Crippen LogP) is 2.88. The van der Waals surface area contributed by atoms with Crippen molar-refractivity contribution >= 4 is 27.3 Å². The second-order valence-electron chi connectivity index (χ2n) is 3.39. The smallest absolute Gasteiger partial charge is 0.0314 e. The van der Waals surface area contributed by atoms with E-state index in [0.29, 0.717) is 0 Å². The molecule has 1 aromatic rings. The Bertz CT molecular complexity index is 275. The quantitative estimate of drug-likeness (QED) is 0.853. The van der Waals surface area contributed by atoms with Crippen LogP contribution in [0.5, 0.6) is 0 Å². The van der Waals surface area contributed by atoms with Gasteiger partial charge in [0.05, 0.1) is 0 Å². The van der Waals surface area contributed by atoms with E-state index in [-0.39, 0.29) is 0 Å². The fourth-order valence-corrected chi connectivity index (χ4v) is 3.29. The van der Waals surface area contributed by atoms with Crippen LogP contribution < -0.4 is 5.73 Å². The summed E-state index contributed by atoms with van der Waals surface area (Å²) in [5.41, 5.74) is 5.60. The minimum atomic E-state index is 0.759. The van der Waals surface area contributed by atoms with E-state index in [0.717, 1.165) is 18.4 Å². The number of nitrogens with two attached hydrogens (primary N) is 1. The highest BCUT2D eigenvalue weighted by atomic mass is 79.9. The molecule has 0 aromatic carbocycles. The monoisotopic (exact) mass is 245 g/mol. The average Bonchev–Trinajstić information content (AvgIpc) is 2.75. The zero-order valence-corrected chi connectivity index (χ0v) is 9.41. The Labute approximate surface area is 85.1 Å². The summed E-state index contributed by atoms with van der Waals surface area (Å²) in [5, 5.41) is 0. The molecule has 0 saturated heterocycles. The summed E-state index contributed by atoms with van der Waals surface area (Å²) in [4.78, 5) is 2.89. The molecule has 0 unspecified atom stereocenters. The standard InChI is InChI=1S/C9H12BrNS/c1-5-8(10)3-9(12-5)7-2-6(7)4-11/h3,6-7H,2,4,11H2,1H3/t6-,7+/m0/s1. The molecular formula is C9H12BrNS. The van der Waals surface area contributed by atoms with Gasteiger partial charge in [0.25, 0.3) is 0 Å². The summed E-state index contributed by atoms with van der Waals surface area (Å²) < 4.78 is 1.25. The van der Waals surface area contributed by atoms with Crippen molar-refractivity contribution in [2.75, 3.05) is 6.54 Å². The van der Waals surface area contributed by atoms with Crippen LogP contribution in [-0.2, 0) is 0 Å². The van der Waals surface area contributed by atoms with E-state index in [2.05, 4.69) is 28.9 Å². The molecule has 0 radical (unpaired) electrons. The van der Waals surface area contributed by atoms with Crippen LogP contribution in [0.15, 0.2) is 10.5 Å². The first-order chi connectivity index (χ1) is 5.72. The molecule has 1 fully saturated rings. The van der Waals surface area contributed by atoms with E-state index in [1.807, 2.05) is 11.3 Å². The van der Waals surface area contributed by atoms with Gasteiger partial charge in [-0.15, -0.1) is 11.3 Å². The second-order valence-corrected chi connectivity index (χ2v) is 5.53. The lowest BCUT2D eigenvalue weighted by Crippen LogP contribution is -2.01. The largest absolute Gasteiger partial charge is 0.330 e. The first kappa shape index (κ1) is 8.73. The van der Waals surface area contributed by atoms with Gasteiger partial charge >= 0.3 is 0 Å². The van der Waals surface area contributed by atoms with Crippen LogP contribution in [-0.4, -0.2) is 6.54 Å². The molecule has 3 heteroatoms. The minimum absolute atomic E-state index is 0.759. The summed E-state index contributed by atoms with van der Waals surface area (Å²) in [6.45, 7) is 3.00. The number of thiophene rings is 1. The zero-order chi connectivity index (χ0) is 8.72. The first-order valence-electron chi connectivity index (χ1n) is 4.18. The van der Waals surface area contributed by atoms with Gasteiger partial charge in [0.1, 0.15) is 0 Å². The van der Waals surface area contributed by atoms with E-state index in [9.17, 15) is 0 Å². The third kappa shape index (κ3) is 1.45. The third-order valence-electron chi connectivity index (χ3n) is 2.47. The summed E-state index contributed by atoms with van der Waals surface area (Å²) in [6.07, 6.45) is 1.29. The summed E-state index contributed by atoms with van der Waals surface area (Å²) in [6, 6.07) is 2.25. The number of hydrogen-bond acceptors (Lipinski definition) is 2. The molecule has 1 heterocycles. The Morgan fingerprint density at radius 3 is 2.92 bits per heavy atom. The maximum atomic E-state index is 5.60.